The van der Waals surface area contributed by atoms with Crippen LogP contribution in [-0.2, 0) is 13.6 Å². The summed E-state index contributed by atoms with van der Waals surface area (Å²) in [6.45, 7) is 5.01. The molecule has 0 saturated carbocycles. The number of nitrogens with zero attached hydrogens (tertiary/aromatic N) is 4. The van der Waals surface area contributed by atoms with Gasteiger partial charge in [-0.1, -0.05) is 18.7 Å². The van der Waals surface area contributed by atoms with Gasteiger partial charge in [-0.15, -0.1) is 10.2 Å². The van der Waals surface area contributed by atoms with E-state index >= 15 is 0 Å². The minimum absolute atomic E-state index is 0.509. The number of aryl methyl sites for hydroxylation is 1. The summed E-state index contributed by atoms with van der Waals surface area (Å²) in [4.78, 5) is 4.53. The zero-order chi connectivity index (χ0) is 11.5. The molecule has 1 aliphatic heterocycles. The van der Waals surface area contributed by atoms with Crippen molar-refractivity contribution in [3.8, 4) is 0 Å². The Morgan fingerprint density at radius 3 is 3.06 bits per heavy atom. The van der Waals surface area contributed by atoms with Crippen LogP contribution in [0.15, 0.2) is 11.3 Å². The Hall–Kier alpha value is -1.04. The van der Waals surface area contributed by atoms with Crippen molar-refractivity contribution in [2.45, 2.75) is 38.1 Å². The second-order valence-electron chi connectivity index (χ2n) is 4.19. The molecule has 1 saturated heterocycles. The molecule has 2 atom stereocenters. The molecule has 6 heteroatoms. The molecule has 2 unspecified atom stereocenters. The topological polar surface area (TPSA) is 55.1 Å². The smallest absolute Gasteiger partial charge is 0.157 e. The monoisotopic (exact) mass is 239 g/mol. The van der Waals surface area contributed by atoms with E-state index in [2.05, 4.69) is 34.4 Å². The lowest BCUT2D eigenvalue weighted by atomic mass is 10.2. The third-order valence-corrected chi connectivity index (χ3v) is 3.60. The Kier molecular flexibility index (Phi) is 3.48. The van der Waals surface area contributed by atoms with Crippen molar-refractivity contribution in [3.05, 3.63) is 12.2 Å². The quantitative estimate of drug-likeness (QED) is 0.842. The van der Waals surface area contributed by atoms with Crippen LogP contribution in [0.1, 0.15) is 26.1 Å². The average Bonchev–Trinajstić information content (AvgIpc) is 2.59. The van der Waals surface area contributed by atoms with Crippen LogP contribution in [0, 0.1) is 0 Å². The van der Waals surface area contributed by atoms with E-state index in [0.29, 0.717) is 17.8 Å². The third-order valence-electron chi connectivity index (χ3n) is 2.54. The van der Waals surface area contributed by atoms with E-state index < -0.39 is 0 Å². The van der Waals surface area contributed by atoms with Crippen molar-refractivity contribution in [1.29, 1.82) is 0 Å². The maximum atomic E-state index is 4.53. The highest BCUT2D eigenvalue weighted by Gasteiger charge is 2.19. The van der Waals surface area contributed by atoms with Gasteiger partial charge in [0.25, 0.3) is 0 Å². The van der Waals surface area contributed by atoms with Gasteiger partial charge in [0.05, 0.1) is 0 Å². The molecule has 1 N–H and O–H groups in total. The minimum atomic E-state index is 0.509. The Morgan fingerprint density at radius 1 is 1.62 bits per heavy atom. The van der Waals surface area contributed by atoms with Crippen molar-refractivity contribution >= 4 is 16.9 Å². The number of rotatable bonds is 2. The fourth-order valence-corrected chi connectivity index (χ4v) is 2.89. The first-order valence-electron chi connectivity index (χ1n) is 5.45. The minimum Gasteiger partial charge on any atom is -0.362 e. The number of nitrogens with one attached hydrogen (secondary N) is 1. The molecule has 2 heterocycles. The summed E-state index contributed by atoms with van der Waals surface area (Å²) in [6, 6.07) is 0.509. The number of amidine groups is 1. The van der Waals surface area contributed by atoms with Gasteiger partial charge < -0.3 is 9.88 Å². The molecule has 1 aromatic rings. The van der Waals surface area contributed by atoms with Crippen molar-refractivity contribution < 1.29 is 0 Å². The number of thioether (sulfide) groups is 1. The standard InChI is InChI=1S/C10H17N5S/c1-7-4-8(2)16-10(13-7)11-5-9-14-12-6-15(9)3/h6-8H,4-5H2,1-3H3,(H,11,13). The van der Waals surface area contributed by atoms with Crippen LogP contribution in [0.2, 0.25) is 0 Å². The predicted molar refractivity (Wildman–Crippen MR) is 66.4 cm³/mol. The van der Waals surface area contributed by atoms with Gasteiger partial charge in [0.2, 0.25) is 0 Å². The summed E-state index contributed by atoms with van der Waals surface area (Å²) >= 11 is 1.80. The maximum absolute atomic E-state index is 4.53. The van der Waals surface area contributed by atoms with Crippen molar-refractivity contribution in [2.24, 2.45) is 12.0 Å². The molecule has 1 aliphatic rings. The first kappa shape index (κ1) is 11.4. The van der Waals surface area contributed by atoms with E-state index in [4.69, 9.17) is 0 Å². The summed E-state index contributed by atoms with van der Waals surface area (Å²) in [6.07, 6.45) is 2.88. The summed E-state index contributed by atoms with van der Waals surface area (Å²) in [5.74, 6) is 0.890. The van der Waals surface area contributed by atoms with E-state index in [1.807, 2.05) is 11.6 Å². The second-order valence-corrected chi connectivity index (χ2v) is 5.62. The van der Waals surface area contributed by atoms with Gasteiger partial charge in [-0.2, -0.15) is 0 Å². The van der Waals surface area contributed by atoms with Crippen LogP contribution in [0.5, 0.6) is 0 Å². The van der Waals surface area contributed by atoms with E-state index in [1.165, 1.54) is 6.42 Å². The van der Waals surface area contributed by atoms with Crippen LogP contribution in [-0.4, -0.2) is 31.2 Å². The van der Waals surface area contributed by atoms with Gasteiger partial charge in [0.1, 0.15) is 12.9 Å². The van der Waals surface area contributed by atoms with Crippen LogP contribution in [0.25, 0.3) is 0 Å². The van der Waals surface area contributed by atoms with Crippen LogP contribution >= 0.6 is 11.8 Å². The highest BCUT2D eigenvalue weighted by molar-refractivity contribution is 8.14. The highest BCUT2D eigenvalue weighted by Crippen LogP contribution is 2.22. The molecule has 1 fully saturated rings. The van der Waals surface area contributed by atoms with Crippen LogP contribution < -0.4 is 5.32 Å². The number of hydrogen-bond donors (Lipinski definition) is 1. The third kappa shape index (κ3) is 2.75. The molecule has 0 aliphatic carbocycles. The lowest BCUT2D eigenvalue weighted by Gasteiger charge is -2.26. The summed E-state index contributed by atoms with van der Waals surface area (Å²) in [5.41, 5.74) is 0. The molecule has 0 radical (unpaired) electrons. The number of aliphatic imine (C=N–C) groups is 1. The molecule has 88 valence electrons. The van der Waals surface area contributed by atoms with Gasteiger partial charge in [-0.25, -0.2) is 0 Å². The Labute approximate surface area is 99.7 Å². The van der Waals surface area contributed by atoms with E-state index in [9.17, 15) is 0 Å². The number of aromatic nitrogens is 3. The van der Waals surface area contributed by atoms with Crippen molar-refractivity contribution in [2.75, 3.05) is 0 Å². The van der Waals surface area contributed by atoms with Gasteiger partial charge in [0, 0.05) is 18.3 Å². The van der Waals surface area contributed by atoms with Crippen molar-refractivity contribution in [3.63, 3.8) is 0 Å². The van der Waals surface area contributed by atoms with Gasteiger partial charge in [0.15, 0.2) is 11.0 Å². The second kappa shape index (κ2) is 4.86. The van der Waals surface area contributed by atoms with Gasteiger partial charge in [-0.3, -0.25) is 4.99 Å². The predicted octanol–water partition coefficient (Wildman–Crippen LogP) is 1.17. The summed E-state index contributed by atoms with van der Waals surface area (Å²) < 4.78 is 1.89. The molecule has 0 amide bonds. The molecular weight excluding hydrogens is 222 g/mol. The summed E-state index contributed by atoms with van der Waals surface area (Å²) in [7, 11) is 1.93. The molecule has 1 aromatic heterocycles. The first-order valence-corrected chi connectivity index (χ1v) is 6.33. The van der Waals surface area contributed by atoms with Gasteiger partial charge >= 0.3 is 0 Å². The van der Waals surface area contributed by atoms with Gasteiger partial charge in [-0.05, 0) is 13.3 Å². The average molecular weight is 239 g/mol. The highest BCUT2D eigenvalue weighted by atomic mass is 32.2. The van der Waals surface area contributed by atoms with E-state index in [1.54, 1.807) is 18.1 Å². The summed E-state index contributed by atoms with van der Waals surface area (Å²) in [5, 5.41) is 12.9. The lowest BCUT2D eigenvalue weighted by molar-refractivity contribution is 0.597. The molecule has 0 spiro atoms. The SMILES string of the molecule is CC1CC(C)SC(=NCc2nncn2C)N1. The zero-order valence-corrected chi connectivity index (χ0v) is 10.7. The molecule has 0 aromatic carbocycles. The zero-order valence-electron chi connectivity index (χ0n) is 9.84. The normalized spacial score (nSPS) is 28.1. The molecule has 0 bridgehead atoms. The van der Waals surface area contributed by atoms with Crippen LogP contribution in [0.4, 0.5) is 0 Å². The molecule has 16 heavy (non-hydrogen) atoms. The Bertz CT molecular complexity index is 374. The first-order chi connectivity index (χ1) is 7.65. The van der Waals surface area contributed by atoms with Crippen LogP contribution in [0.3, 0.4) is 0 Å². The fourth-order valence-electron chi connectivity index (χ4n) is 1.72. The Morgan fingerprint density at radius 2 is 2.44 bits per heavy atom. The largest absolute Gasteiger partial charge is 0.362 e. The lowest BCUT2D eigenvalue weighted by Crippen LogP contribution is -2.38. The maximum Gasteiger partial charge on any atom is 0.157 e. The number of hydrogen-bond acceptors (Lipinski definition) is 4. The van der Waals surface area contributed by atoms with E-state index in [0.717, 1.165) is 11.0 Å². The molecule has 2 rings (SSSR count). The Balaban J connectivity index is 1.99. The molecule has 5 nitrogen and oxygen atoms in total. The van der Waals surface area contributed by atoms with Crippen molar-refractivity contribution in [1.82, 2.24) is 20.1 Å². The van der Waals surface area contributed by atoms with E-state index in [-0.39, 0.29) is 0 Å². The fraction of sp³-hybridized carbons (Fsp3) is 0.700. The molecular formula is C10H17N5S.